The van der Waals surface area contributed by atoms with Crippen LogP contribution in [0.5, 0.6) is 17.2 Å². The molecule has 1 aromatic heterocycles. The van der Waals surface area contributed by atoms with Gasteiger partial charge in [0.05, 0.1) is 7.11 Å². The van der Waals surface area contributed by atoms with Gasteiger partial charge in [-0.3, -0.25) is 4.79 Å². The lowest BCUT2D eigenvalue weighted by Gasteiger charge is -2.08. The average molecular weight is 335 g/mol. The number of hydrogen-bond donors (Lipinski definition) is 1. The number of benzene rings is 2. The zero-order valence-electron chi connectivity index (χ0n) is 14.0. The Balaban J connectivity index is 1.71. The van der Waals surface area contributed by atoms with Crippen LogP contribution in [0.4, 0.5) is 0 Å². The number of ether oxygens (including phenoxy) is 3. The number of allylic oxidation sites excluding steroid dienone is 1. The number of Topliss-reactive ketones (excluding diaryl/α,β-unsaturated/α-hetero) is 1. The minimum absolute atomic E-state index is 0.0816. The summed E-state index contributed by atoms with van der Waals surface area (Å²) in [6.07, 6.45) is 3.79. The quantitative estimate of drug-likeness (QED) is 0.574. The Labute approximate surface area is 144 Å². The van der Waals surface area contributed by atoms with Crippen molar-refractivity contribution in [1.29, 1.82) is 0 Å². The summed E-state index contributed by atoms with van der Waals surface area (Å²) < 4.78 is 16.1. The molecule has 3 aromatic rings. The second kappa shape index (κ2) is 6.02. The van der Waals surface area contributed by atoms with Crippen LogP contribution in [0.3, 0.4) is 0 Å². The maximum Gasteiger partial charge on any atom is 0.231 e. The fourth-order valence-corrected chi connectivity index (χ4v) is 3.00. The molecule has 1 aliphatic rings. The van der Waals surface area contributed by atoms with E-state index in [2.05, 4.69) is 4.98 Å². The highest BCUT2D eigenvalue weighted by molar-refractivity contribution is 6.12. The molecule has 0 saturated heterocycles. The molecule has 0 unspecified atom stereocenters. The van der Waals surface area contributed by atoms with E-state index in [0.29, 0.717) is 28.4 Å². The third-order valence-corrected chi connectivity index (χ3v) is 4.27. The molecule has 0 radical (unpaired) electrons. The van der Waals surface area contributed by atoms with Gasteiger partial charge < -0.3 is 19.2 Å². The second-order valence-corrected chi connectivity index (χ2v) is 5.86. The smallest absolute Gasteiger partial charge is 0.231 e. The van der Waals surface area contributed by atoms with Crippen molar-refractivity contribution in [3.63, 3.8) is 0 Å². The minimum Gasteiger partial charge on any atom is -0.493 e. The fourth-order valence-electron chi connectivity index (χ4n) is 3.00. The van der Waals surface area contributed by atoms with Crippen LogP contribution < -0.4 is 14.2 Å². The summed E-state index contributed by atoms with van der Waals surface area (Å²) in [7, 11) is 1.54. The molecule has 0 saturated carbocycles. The Morgan fingerprint density at radius 1 is 1.24 bits per heavy atom. The molecule has 0 atom stereocenters. The van der Waals surface area contributed by atoms with E-state index in [1.54, 1.807) is 26.2 Å². The van der Waals surface area contributed by atoms with Gasteiger partial charge in [0.2, 0.25) is 12.5 Å². The van der Waals surface area contributed by atoms with Crippen molar-refractivity contribution in [2.24, 2.45) is 0 Å². The van der Waals surface area contributed by atoms with Gasteiger partial charge in [-0.25, -0.2) is 0 Å². The lowest BCUT2D eigenvalue weighted by Crippen LogP contribution is -2.01. The second-order valence-electron chi connectivity index (χ2n) is 5.86. The van der Waals surface area contributed by atoms with Crippen LogP contribution >= 0.6 is 0 Å². The van der Waals surface area contributed by atoms with Crippen molar-refractivity contribution in [1.82, 2.24) is 4.98 Å². The first-order chi connectivity index (χ1) is 12.2. The van der Waals surface area contributed by atoms with Gasteiger partial charge in [-0.05, 0) is 36.8 Å². The third kappa shape index (κ3) is 2.63. The highest BCUT2D eigenvalue weighted by atomic mass is 16.7. The van der Waals surface area contributed by atoms with Gasteiger partial charge in [-0.1, -0.05) is 18.2 Å². The number of hydrogen-bond acceptors (Lipinski definition) is 4. The molecule has 4 rings (SSSR count). The lowest BCUT2D eigenvalue weighted by molar-refractivity contribution is 0.103. The van der Waals surface area contributed by atoms with E-state index in [4.69, 9.17) is 14.2 Å². The summed E-state index contributed by atoms with van der Waals surface area (Å²) in [6.45, 7) is 1.94. The van der Waals surface area contributed by atoms with E-state index in [0.717, 1.165) is 16.5 Å². The molecule has 2 heterocycles. The molecule has 5 heteroatoms. The molecule has 1 N–H and O–H groups in total. The number of H-pyrrole nitrogens is 1. The highest BCUT2D eigenvalue weighted by Crippen LogP contribution is 2.42. The van der Waals surface area contributed by atoms with Gasteiger partial charge in [0.1, 0.15) is 0 Å². The molecule has 0 fully saturated rings. The van der Waals surface area contributed by atoms with Gasteiger partial charge in [0, 0.05) is 28.2 Å². The van der Waals surface area contributed by atoms with Crippen molar-refractivity contribution in [3.05, 3.63) is 59.3 Å². The summed E-state index contributed by atoms with van der Waals surface area (Å²) in [6, 6.07) is 11.4. The SMILES string of the molecule is COc1cc(C(=O)/C(C)=C/c2c[nH]c3ccccc23)cc2c1OCO2. The molecule has 1 aliphatic heterocycles. The lowest BCUT2D eigenvalue weighted by atomic mass is 10.0. The molecule has 5 nitrogen and oxygen atoms in total. The Morgan fingerprint density at radius 2 is 2.08 bits per heavy atom. The largest absolute Gasteiger partial charge is 0.493 e. The summed E-state index contributed by atoms with van der Waals surface area (Å²) in [5, 5.41) is 1.08. The Morgan fingerprint density at radius 3 is 2.92 bits per heavy atom. The average Bonchev–Trinajstić information content (AvgIpc) is 3.27. The van der Waals surface area contributed by atoms with Gasteiger partial charge in [0.25, 0.3) is 0 Å². The van der Waals surface area contributed by atoms with Crippen molar-refractivity contribution >= 4 is 22.8 Å². The van der Waals surface area contributed by atoms with E-state index < -0.39 is 0 Å². The number of ketones is 1. The molecule has 0 amide bonds. The summed E-state index contributed by atoms with van der Waals surface area (Å²) in [4.78, 5) is 16.1. The molecule has 2 aromatic carbocycles. The van der Waals surface area contributed by atoms with E-state index in [9.17, 15) is 4.79 Å². The van der Waals surface area contributed by atoms with E-state index in [1.807, 2.05) is 36.5 Å². The standard InChI is InChI=1S/C20H17NO4/c1-12(7-14-10-21-16-6-4-3-5-15(14)16)19(22)13-8-17(23-2)20-18(9-13)24-11-25-20/h3-10,21H,11H2,1-2H3/b12-7+. The molecule has 0 bridgehead atoms. The molecule has 126 valence electrons. The Kier molecular flexibility index (Phi) is 3.69. The monoisotopic (exact) mass is 335 g/mol. The predicted octanol–water partition coefficient (Wildman–Crippen LogP) is 4.19. The van der Waals surface area contributed by atoms with Crippen molar-refractivity contribution in [3.8, 4) is 17.2 Å². The Bertz CT molecular complexity index is 1000. The molecule has 25 heavy (non-hydrogen) atoms. The molecular weight excluding hydrogens is 318 g/mol. The summed E-state index contributed by atoms with van der Waals surface area (Å²) in [5.74, 6) is 1.49. The fraction of sp³-hybridized carbons (Fsp3) is 0.150. The van der Waals surface area contributed by atoms with Crippen LogP contribution in [-0.2, 0) is 0 Å². The van der Waals surface area contributed by atoms with Crippen LogP contribution in [0.25, 0.3) is 17.0 Å². The van der Waals surface area contributed by atoms with Crippen molar-refractivity contribution < 1.29 is 19.0 Å². The van der Waals surface area contributed by atoms with Crippen molar-refractivity contribution in [2.45, 2.75) is 6.92 Å². The van der Waals surface area contributed by atoms with Gasteiger partial charge in [-0.2, -0.15) is 0 Å². The zero-order chi connectivity index (χ0) is 17.4. The summed E-state index contributed by atoms with van der Waals surface area (Å²) in [5.41, 5.74) is 3.16. The Hall–Kier alpha value is -3.21. The first-order valence-electron chi connectivity index (χ1n) is 7.94. The predicted molar refractivity (Wildman–Crippen MR) is 95.4 cm³/mol. The third-order valence-electron chi connectivity index (χ3n) is 4.27. The first kappa shape index (κ1) is 15.3. The van der Waals surface area contributed by atoms with E-state index >= 15 is 0 Å². The summed E-state index contributed by atoms with van der Waals surface area (Å²) >= 11 is 0. The normalized spacial score (nSPS) is 13.3. The van der Waals surface area contributed by atoms with Gasteiger partial charge >= 0.3 is 0 Å². The van der Waals surface area contributed by atoms with Crippen LogP contribution in [0.1, 0.15) is 22.8 Å². The number of methoxy groups -OCH3 is 1. The topological polar surface area (TPSA) is 60.6 Å². The first-order valence-corrected chi connectivity index (χ1v) is 7.94. The number of rotatable bonds is 4. The van der Waals surface area contributed by atoms with Crippen LogP contribution in [0.2, 0.25) is 0 Å². The van der Waals surface area contributed by atoms with Gasteiger partial charge in [-0.15, -0.1) is 0 Å². The number of aromatic amines is 1. The maximum atomic E-state index is 12.8. The van der Waals surface area contributed by atoms with Crippen LogP contribution in [0.15, 0.2) is 48.2 Å². The van der Waals surface area contributed by atoms with Crippen LogP contribution in [0, 0.1) is 0 Å². The number of carbonyl (C=O) groups is 1. The molecular formula is C20H17NO4. The van der Waals surface area contributed by atoms with Crippen LogP contribution in [-0.4, -0.2) is 24.7 Å². The van der Waals surface area contributed by atoms with E-state index in [1.165, 1.54) is 0 Å². The van der Waals surface area contributed by atoms with Crippen molar-refractivity contribution in [2.75, 3.05) is 13.9 Å². The number of carbonyl (C=O) groups excluding carboxylic acids is 1. The minimum atomic E-state index is -0.0816. The zero-order valence-corrected chi connectivity index (χ0v) is 14.0. The number of aromatic nitrogens is 1. The maximum absolute atomic E-state index is 12.8. The molecule has 0 spiro atoms. The highest BCUT2D eigenvalue weighted by Gasteiger charge is 2.22. The number of para-hydroxylation sites is 1. The number of fused-ring (bicyclic) bond motifs is 2. The molecule has 0 aliphatic carbocycles. The van der Waals surface area contributed by atoms with Gasteiger partial charge in [0.15, 0.2) is 17.3 Å². The number of nitrogens with one attached hydrogen (secondary N) is 1. The van der Waals surface area contributed by atoms with E-state index in [-0.39, 0.29) is 12.6 Å².